The Balaban J connectivity index is 1.49. The predicted octanol–water partition coefficient (Wildman–Crippen LogP) is 1.30. The lowest BCUT2D eigenvalue weighted by molar-refractivity contribution is -0.175. The molecule has 0 radical (unpaired) electrons. The van der Waals surface area contributed by atoms with Crippen LogP contribution in [0.4, 0.5) is 0 Å². The summed E-state index contributed by atoms with van der Waals surface area (Å²) in [5.41, 5.74) is 4.21. The highest BCUT2D eigenvalue weighted by Crippen LogP contribution is 2.50. The maximum atomic E-state index is 13.6. The second-order valence-corrected chi connectivity index (χ2v) is 10.3. The van der Waals surface area contributed by atoms with Gasteiger partial charge in [-0.25, -0.2) is 0 Å². The minimum atomic E-state index is -2.67. The number of primary amides is 1. The van der Waals surface area contributed by atoms with Crippen molar-refractivity contribution in [1.29, 1.82) is 0 Å². The topological polar surface area (TPSA) is 181 Å². The molecule has 5 atom stereocenters. The van der Waals surface area contributed by atoms with E-state index >= 15 is 0 Å². The molecule has 39 heavy (non-hydrogen) atoms. The average Bonchev–Trinajstić information content (AvgIpc) is 2.88. The number of aliphatic hydroxyl groups is 1. The number of methoxy groups -OCH3 is 1. The maximum absolute atomic E-state index is 13.6. The molecule has 2 aromatic carbocycles. The molecule has 3 aliphatic carbocycles. The van der Waals surface area contributed by atoms with Crippen molar-refractivity contribution in [2.45, 2.75) is 31.3 Å². The first-order valence-corrected chi connectivity index (χ1v) is 12.5. The Morgan fingerprint density at radius 2 is 1.85 bits per heavy atom. The number of phenolic OH excluding ortho intramolecular Hbond substituents is 2. The van der Waals surface area contributed by atoms with Crippen LogP contribution in [0, 0.1) is 23.7 Å². The van der Waals surface area contributed by atoms with Crippen molar-refractivity contribution in [3.8, 4) is 17.2 Å². The normalized spacial score (nSPS) is 28.2. The van der Waals surface area contributed by atoms with Gasteiger partial charge in [0.25, 0.3) is 0 Å². The highest BCUT2D eigenvalue weighted by molar-refractivity contribution is 6.31. The van der Waals surface area contributed by atoms with Crippen molar-refractivity contribution >= 4 is 35.1 Å². The SMILES string of the molecule is COc1cccc(C/C=C\c2ccc(O)c3c2C[C@H]2C[C@H]4CC(=O)C(C(N)=O)C(=O)[C@@]4(O)C(=O)C2C3=O)c1O. The number of fused-ring (bicyclic) bond motifs is 3. The zero-order valence-corrected chi connectivity index (χ0v) is 21.0. The number of amides is 1. The molecule has 1 amide bonds. The van der Waals surface area contributed by atoms with Crippen molar-refractivity contribution in [3.63, 3.8) is 0 Å². The first-order chi connectivity index (χ1) is 18.5. The number of benzene rings is 2. The molecular formula is C29H27NO9. The molecule has 0 aromatic heterocycles. The van der Waals surface area contributed by atoms with Gasteiger partial charge in [-0.1, -0.05) is 30.4 Å². The largest absolute Gasteiger partial charge is 0.507 e. The summed E-state index contributed by atoms with van der Waals surface area (Å²) < 4.78 is 5.13. The first-order valence-electron chi connectivity index (χ1n) is 12.5. The molecule has 2 aromatic rings. The van der Waals surface area contributed by atoms with Gasteiger partial charge in [0.1, 0.15) is 5.75 Å². The Morgan fingerprint density at radius 3 is 2.54 bits per heavy atom. The number of aromatic hydroxyl groups is 2. The quantitative estimate of drug-likeness (QED) is 0.412. The minimum Gasteiger partial charge on any atom is -0.507 e. The van der Waals surface area contributed by atoms with Crippen molar-refractivity contribution in [2.24, 2.45) is 29.4 Å². The van der Waals surface area contributed by atoms with E-state index in [1.54, 1.807) is 36.4 Å². The zero-order valence-electron chi connectivity index (χ0n) is 21.0. The molecule has 0 aliphatic heterocycles. The molecular weight excluding hydrogens is 506 g/mol. The third kappa shape index (κ3) is 3.94. The van der Waals surface area contributed by atoms with Gasteiger partial charge in [0.15, 0.2) is 46.2 Å². The number of carbonyl (C=O) groups is 5. The second kappa shape index (κ2) is 9.46. The molecule has 2 unspecified atom stereocenters. The van der Waals surface area contributed by atoms with Crippen molar-refractivity contribution in [1.82, 2.24) is 0 Å². The molecule has 202 valence electrons. The third-order valence-corrected chi connectivity index (χ3v) is 8.26. The lowest BCUT2D eigenvalue weighted by Gasteiger charge is -2.48. The van der Waals surface area contributed by atoms with Gasteiger partial charge in [-0.05, 0) is 48.4 Å². The molecule has 0 heterocycles. The number of nitrogens with two attached hydrogens (primary N) is 1. The van der Waals surface area contributed by atoms with Gasteiger partial charge in [0.05, 0.1) is 18.6 Å². The molecule has 10 nitrogen and oxygen atoms in total. The molecule has 5 rings (SSSR count). The number of phenols is 2. The number of allylic oxidation sites excluding steroid dienone is 1. The maximum Gasteiger partial charge on any atom is 0.235 e. The lowest BCUT2D eigenvalue weighted by atomic mass is 9.53. The van der Waals surface area contributed by atoms with Crippen LogP contribution in [0.3, 0.4) is 0 Å². The van der Waals surface area contributed by atoms with E-state index in [4.69, 9.17) is 10.5 Å². The van der Waals surface area contributed by atoms with Gasteiger partial charge in [-0.3, -0.25) is 24.0 Å². The fourth-order valence-corrected chi connectivity index (χ4v) is 6.36. The van der Waals surface area contributed by atoms with E-state index in [1.807, 2.05) is 0 Å². The summed E-state index contributed by atoms with van der Waals surface area (Å²) in [5.74, 6) is -10.1. The monoisotopic (exact) mass is 533 g/mol. The Hall–Kier alpha value is -4.31. The van der Waals surface area contributed by atoms with E-state index in [9.17, 15) is 39.3 Å². The molecule has 0 saturated heterocycles. The number of hydrogen-bond acceptors (Lipinski definition) is 9. The first kappa shape index (κ1) is 26.3. The van der Waals surface area contributed by atoms with Crippen LogP contribution in [0.25, 0.3) is 6.08 Å². The summed E-state index contributed by atoms with van der Waals surface area (Å²) >= 11 is 0. The fourth-order valence-electron chi connectivity index (χ4n) is 6.36. The smallest absolute Gasteiger partial charge is 0.235 e. The Kier molecular flexibility index (Phi) is 6.38. The number of rotatable bonds is 5. The molecule has 0 bridgehead atoms. The van der Waals surface area contributed by atoms with Crippen LogP contribution < -0.4 is 10.5 Å². The van der Waals surface area contributed by atoms with Gasteiger partial charge in [0.2, 0.25) is 5.91 Å². The molecule has 2 saturated carbocycles. The molecule has 0 spiro atoms. The fraction of sp³-hybridized carbons (Fsp3) is 0.345. The summed E-state index contributed by atoms with van der Waals surface area (Å²) in [5, 5.41) is 32.2. The Labute approximate surface area is 223 Å². The van der Waals surface area contributed by atoms with Crippen LogP contribution in [0.15, 0.2) is 36.4 Å². The number of para-hydroxylation sites is 1. The number of carbonyl (C=O) groups excluding carboxylic acids is 5. The molecule has 2 fully saturated rings. The summed E-state index contributed by atoms with van der Waals surface area (Å²) in [6.07, 6.45) is 3.70. The second-order valence-electron chi connectivity index (χ2n) is 10.3. The molecule has 3 aliphatic rings. The van der Waals surface area contributed by atoms with Crippen LogP contribution in [0.2, 0.25) is 0 Å². The number of Topliss-reactive ketones (excluding diaryl/α,β-unsaturated/α-hetero) is 4. The van der Waals surface area contributed by atoms with Crippen molar-refractivity contribution < 1.29 is 44.0 Å². The van der Waals surface area contributed by atoms with E-state index in [2.05, 4.69) is 0 Å². The van der Waals surface area contributed by atoms with Crippen molar-refractivity contribution in [2.75, 3.05) is 7.11 Å². The predicted molar refractivity (Wildman–Crippen MR) is 136 cm³/mol. The highest BCUT2D eigenvalue weighted by Gasteiger charge is 2.66. The summed E-state index contributed by atoms with van der Waals surface area (Å²) in [6.45, 7) is 0. The summed E-state index contributed by atoms with van der Waals surface area (Å²) in [6, 6.07) is 8.09. The van der Waals surface area contributed by atoms with E-state index in [0.717, 1.165) is 0 Å². The molecule has 5 N–H and O–H groups in total. The van der Waals surface area contributed by atoms with Crippen LogP contribution in [-0.4, -0.2) is 57.1 Å². The van der Waals surface area contributed by atoms with Gasteiger partial charge in [0, 0.05) is 17.9 Å². The summed E-state index contributed by atoms with van der Waals surface area (Å²) in [7, 11) is 1.45. The standard InChI is InChI=1S/C29H27NO9/c1-39-20-7-3-6-14(24(20)33)5-2-4-13-8-9-18(31)22-17(13)11-15-10-16-12-19(32)23(28(30)37)27(36)29(16,38)26(35)21(15)25(22)34/h2-4,6-9,15-16,21,23,31,33,38H,5,10-12H2,1H3,(H2,30,37)/b4-2-/t15-,16+,21?,23?,29+/m1/s1. The zero-order chi connectivity index (χ0) is 28.2. The lowest BCUT2D eigenvalue weighted by Crippen LogP contribution is -2.68. The van der Waals surface area contributed by atoms with Crippen molar-refractivity contribution in [3.05, 3.63) is 58.7 Å². The van der Waals surface area contributed by atoms with Gasteiger partial charge >= 0.3 is 0 Å². The third-order valence-electron chi connectivity index (χ3n) is 8.26. The van der Waals surface area contributed by atoms with Gasteiger partial charge < -0.3 is 25.8 Å². The minimum absolute atomic E-state index is 0.0127. The molecule has 10 heteroatoms. The Morgan fingerprint density at radius 1 is 1.10 bits per heavy atom. The Bertz CT molecular complexity index is 1480. The van der Waals surface area contributed by atoms with E-state index in [0.29, 0.717) is 28.9 Å². The van der Waals surface area contributed by atoms with Gasteiger partial charge in [-0.2, -0.15) is 0 Å². The van der Waals surface area contributed by atoms with E-state index < -0.39 is 58.3 Å². The summed E-state index contributed by atoms with van der Waals surface area (Å²) in [4.78, 5) is 64.4. The van der Waals surface area contributed by atoms with Crippen LogP contribution in [-0.2, 0) is 32.0 Å². The highest BCUT2D eigenvalue weighted by atomic mass is 16.5. The number of ether oxygens (including phenoxy) is 1. The van der Waals surface area contributed by atoms with Crippen LogP contribution in [0.5, 0.6) is 17.2 Å². The number of hydrogen-bond donors (Lipinski definition) is 4. The van der Waals surface area contributed by atoms with Gasteiger partial charge in [-0.15, -0.1) is 0 Å². The van der Waals surface area contributed by atoms with E-state index in [-0.39, 0.29) is 36.3 Å². The van der Waals surface area contributed by atoms with Crippen LogP contribution in [0.1, 0.15) is 39.9 Å². The average molecular weight is 534 g/mol. The number of ketones is 4. The van der Waals surface area contributed by atoms with Crippen LogP contribution >= 0.6 is 0 Å². The van der Waals surface area contributed by atoms with E-state index in [1.165, 1.54) is 13.2 Å².